The van der Waals surface area contributed by atoms with Crippen LogP contribution in [0.1, 0.15) is 51.4 Å². The summed E-state index contributed by atoms with van der Waals surface area (Å²) in [5, 5.41) is 66.4. The van der Waals surface area contributed by atoms with Gasteiger partial charge in [-0.2, -0.15) is 0 Å². The van der Waals surface area contributed by atoms with E-state index >= 15 is 0 Å². The van der Waals surface area contributed by atoms with Crippen LogP contribution in [0, 0.1) is 0 Å². The molecule has 0 unspecified atom stereocenters. The molecule has 0 aromatic heterocycles. The lowest BCUT2D eigenvalue weighted by Crippen LogP contribution is -2.39. The monoisotopic (exact) mass is 1300 g/mol. The van der Waals surface area contributed by atoms with Crippen LogP contribution in [0.4, 0.5) is 52.4 Å². The number of rotatable bonds is 0. The van der Waals surface area contributed by atoms with Gasteiger partial charge in [0.05, 0.1) is 217 Å². The molecule has 0 saturated carbocycles. The molecular formula is C48H96B4F12N16O8. The van der Waals surface area contributed by atoms with Crippen molar-refractivity contribution in [2.75, 3.05) is 217 Å². The molecule has 0 atom stereocenters. The van der Waals surface area contributed by atoms with E-state index in [-0.39, 0.29) is 48.7 Å². The summed E-state index contributed by atoms with van der Waals surface area (Å²) < 4.78 is 154. The fraction of sp³-hybridized carbons (Fsp3) is 0.833. The molecule has 0 saturated heterocycles. The minimum Gasteiger partial charge on any atom is -0.867 e. The van der Waals surface area contributed by atoms with Crippen LogP contribution in [0.25, 0.3) is 0 Å². The van der Waals surface area contributed by atoms with E-state index in [1.165, 1.54) is 0 Å². The van der Waals surface area contributed by atoms with Gasteiger partial charge in [0.1, 0.15) is 29.6 Å². The maximum Gasteiger partial charge on any atom is 0.435 e. The van der Waals surface area contributed by atoms with E-state index < -0.39 is 29.6 Å². The Morgan fingerprint density at radius 3 is 0.341 bits per heavy atom. The summed E-state index contributed by atoms with van der Waals surface area (Å²) in [7, 11) is 15.6. The third-order valence-corrected chi connectivity index (χ3v) is 12.9. The molecule has 0 N–H and O–H groups in total. The molecule has 512 valence electrons. The smallest absolute Gasteiger partial charge is 0.435 e. The van der Waals surface area contributed by atoms with Gasteiger partial charge in [-0.15, -0.1) is 35.1 Å². The summed E-state index contributed by atoms with van der Waals surface area (Å²) in [6, 6.07) is 0. The van der Waals surface area contributed by atoms with Gasteiger partial charge in [-0.25, -0.2) is 75.8 Å². The van der Waals surface area contributed by atoms with E-state index in [0.29, 0.717) is 0 Å². The highest BCUT2D eigenvalue weighted by Gasteiger charge is 2.26. The molecule has 8 rings (SSSR count). The van der Waals surface area contributed by atoms with Gasteiger partial charge in [-0.05, 0) is 0 Å². The molecule has 8 aliphatic rings. The first-order valence-electron chi connectivity index (χ1n) is 28.1. The predicted octanol–water partition coefficient (Wildman–Crippen LogP) is -7.04. The lowest BCUT2D eigenvalue weighted by Gasteiger charge is -2.15. The second-order valence-electron chi connectivity index (χ2n) is 20.8. The highest BCUT2D eigenvalue weighted by atomic mass is 19.2. The van der Waals surface area contributed by atoms with E-state index in [1.807, 2.05) is 0 Å². The zero-order chi connectivity index (χ0) is 69.1. The zero-order valence-corrected chi connectivity index (χ0v) is 54.2. The number of halogens is 12. The molecule has 0 fully saturated rings. The van der Waals surface area contributed by atoms with Gasteiger partial charge in [-0.1, -0.05) is 0 Å². The molecule has 0 radical (unpaired) electrons. The molecule has 0 aliphatic carbocycles. The second-order valence-corrected chi connectivity index (χ2v) is 20.8. The van der Waals surface area contributed by atoms with Crippen LogP contribution in [-0.2, 0) is 0 Å². The first-order valence-corrected chi connectivity index (χ1v) is 28.1. The van der Waals surface area contributed by atoms with Crippen molar-refractivity contribution in [3.63, 3.8) is 0 Å². The zero-order valence-electron chi connectivity index (χ0n) is 54.2. The number of amidine groups is 8. The molecular weight excluding hydrogens is 1200 g/mol. The molecule has 88 heavy (non-hydrogen) atoms. The minimum absolute atomic E-state index is 0.110. The molecule has 8 aliphatic heterocycles. The van der Waals surface area contributed by atoms with Crippen LogP contribution in [0.3, 0.4) is 0 Å². The van der Waals surface area contributed by atoms with Crippen LogP contribution in [0.5, 0.6) is 0 Å². The summed E-state index contributed by atoms with van der Waals surface area (Å²) in [5.74, 6) is 0. The summed E-state index contributed by atoms with van der Waals surface area (Å²) in [4.78, 5) is 13.0. The highest BCUT2D eigenvalue weighted by molar-refractivity contribution is 6.27. The average Bonchev–Trinajstić information content (AvgIpc) is 3.42. The number of nitrogens with zero attached hydrogens (tertiary/aromatic N) is 16. The van der Waals surface area contributed by atoms with Crippen LogP contribution < -0.4 is 40.2 Å². The van der Waals surface area contributed by atoms with Gasteiger partial charge in [-0.3, -0.25) is 0 Å². The van der Waals surface area contributed by atoms with Crippen molar-refractivity contribution in [3.05, 3.63) is 0 Å². The topological polar surface area (TPSA) is 234 Å². The molecule has 0 aromatic rings. The minimum atomic E-state index is -3.17. The van der Waals surface area contributed by atoms with Crippen LogP contribution in [-0.4, -0.2) is 372 Å². The fourth-order valence-corrected chi connectivity index (χ4v) is 8.17. The van der Waals surface area contributed by atoms with Crippen molar-refractivity contribution in [1.29, 1.82) is 0 Å². The Labute approximate surface area is 514 Å². The van der Waals surface area contributed by atoms with Crippen molar-refractivity contribution in [3.8, 4) is 0 Å². The van der Waals surface area contributed by atoms with Crippen LogP contribution in [0.15, 0.2) is 0 Å². The summed E-state index contributed by atoms with van der Waals surface area (Å²) >= 11 is 0. The standard InChI is InChI=1S/8C6H12FN2.4BFO2/c8*1-8-4-3-5-9(2)6(8)7;4*2-1(3)4/h8*3-5H2,1-2H3;;;;/q8*+1;4*-2. The van der Waals surface area contributed by atoms with Gasteiger partial charge in [0.2, 0.25) is 0 Å². The number of hydrogen-bond donors (Lipinski definition) is 0. The molecule has 0 bridgehead atoms. The van der Waals surface area contributed by atoms with Crippen LogP contribution in [0.2, 0.25) is 0 Å². The molecule has 8 heterocycles. The molecule has 40 heteroatoms. The molecule has 24 nitrogen and oxygen atoms in total. The molecule has 0 aromatic carbocycles. The largest absolute Gasteiger partial charge is 0.867 e. The van der Waals surface area contributed by atoms with Crippen molar-refractivity contribution in [2.45, 2.75) is 51.4 Å². The van der Waals surface area contributed by atoms with E-state index in [0.717, 1.165) is 156 Å². The Bertz CT molecular complexity index is 1780. The van der Waals surface area contributed by atoms with Crippen molar-refractivity contribution < 1.29 is 129 Å². The quantitative estimate of drug-likeness (QED) is 0.0949. The van der Waals surface area contributed by atoms with Crippen molar-refractivity contribution in [2.24, 2.45) is 0 Å². The normalized spacial score (nSPS) is 18.4. The second kappa shape index (κ2) is 50.6. The van der Waals surface area contributed by atoms with Gasteiger partial charge in [0.25, 0.3) is 0 Å². The maximum atomic E-state index is 12.7. The van der Waals surface area contributed by atoms with Crippen LogP contribution >= 0.6 is 0 Å². The first kappa shape index (κ1) is 89.3. The van der Waals surface area contributed by atoms with E-state index in [1.54, 1.807) is 189 Å². The predicted molar refractivity (Wildman–Crippen MR) is 303 cm³/mol. The lowest BCUT2D eigenvalue weighted by atomic mass is 10.3. The number of hydrogen-bond acceptors (Lipinski definition) is 16. The lowest BCUT2D eigenvalue weighted by molar-refractivity contribution is -0.514. The summed E-state index contributed by atoms with van der Waals surface area (Å²) in [6.07, 6.45) is 7.57. The van der Waals surface area contributed by atoms with Crippen molar-refractivity contribution in [1.82, 2.24) is 39.2 Å². The Morgan fingerprint density at radius 1 is 0.227 bits per heavy atom. The maximum absolute atomic E-state index is 12.7. The third kappa shape index (κ3) is 45.2. The van der Waals surface area contributed by atoms with E-state index in [2.05, 4.69) is 0 Å². The fourth-order valence-electron chi connectivity index (χ4n) is 8.17. The first-order chi connectivity index (χ1) is 40.6. The molecule has 0 spiro atoms. The van der Waals surface area contributed by atoms with Gasteiger partial charge in [0, 0.05) is 51.4 Å². The molecule has 0 amide bonds. The third-order valence-electron chi connectivity index (χ3n) is 12.9. The Morgan fingerprint density at radius 2 is 0.295 bits per heavy atom. The summed E-state index contributed by atoms with van der Waals surface area (Å²) in [6.45, 7) is 13.5. The highest BCUT2D eigenvalue weighted by Crippen LogP contribution is 2.04. The van der Waals surface area contributed by atoms with Crippen molar-refractivity contribution >= 4 is 78.3 Å². The van der Waals surface area contributed by atoms with E-state index in [9.17, 15) is 52.4 Å². The van der Waals surface area contributed by atoms with Gasteiger partial charge < -0.3 is 57.5 Å². The average molecular weight is 1300 g/mol. The summed E-state index contributed by atoms with van der Waals surface area (Å²) in [5.41, 5.74) is 0. The Balaban J connectivity index is -0.000000443. The van der Waals surface area contributed by atoms with Gasteiger partial charge in [0.15, 0.2) is 0 Å². The Hall–Kier alpha value is -5.14. The Kier molecular flexibility index (Phi) is 51.3. The van der Waals surface area contributed by atoms with E-state index in [4.69, 9.17) is 40.2 Å². The SMILES string of the molecule is CN1CCC[N+](C)=C1F.CN1CCC[N+](C)=C1F.CN1CCC[N+](C)=C1F.CN1CCC[N+](C)=C1F.CN1CCC[N+](C)=C1F.CN1CCC[N+](C)=C1F.CN1CCC[N+](C)=C1F.CN1CCC[N+](C)=C1F.[O-]B([O-])F.[O-]B([O-])F.[O-]B([O-])F.[O-]B([O-])F. The van der Waals surface area contributed by atoms with Gasteiger partial charge >= 0.3 is 48.7 Å².